The summed E-state index contributed by atoms with van der Waals surface area (Å²) in [6, 6.07) is 2.27. The van der Waals surface area contributed by atoms with E-state index in [-0.39, 0.29) is 6.04 Å². The molecule has 1 unspecified atom stereocenters. The van der Waals surface area contributed by atoms with E-state index in [1.165, 1.54) is 24.0 Å². The summed E-state index contributed by atoms with van der Waals surface area (Å²) in [5.41, 5.74) is 9.69. The molecule has 1 aliphatic rings. The number of benzene rings is 1. The van der Waals surface area contributed by atoms with Gasteiger partial charge < -0.3 is 10.5 Å². The zero-order valence-corrected chi connectivity index (χ0v) is 12.9. The van der Waals surface area contributed by atoms with Crippen LogP contribution in [0.25, 0.3) is 0 Å². The van der Waals surface area contributed by atoms with Gasteiger partial charge in [0.2, 0.25) is 0 Å². The van der Waals surface area contributed by atoms with E-state index in [4.69, 9.17) is 22.1 Å². The van der Waals surface area contributed by atoms with Gasteiger partial charge in [0.25, 0.3) is 0 Å². The lowest BCUT2D eigenvalue weighted by atomic mass is 9.95. The third-order valence-electron chi connectivity index (χ3n) is 3.98. The van der Waals surface area contributed by atoms with Gasteiger partial charge in [0, 0.05) is 6.04 Å². The van der Waals surface area contributed by atoms with Gasteiger partial charge in [-0.3, -0.25) is 0 Å². The molecule has 1 fully saturated rings. The van der Waals surface area contributed by atoms with Crippen molar-refractivity contribution in [2.75, 3.05) is 6.61 Å². The SMILES string of the molecule is CCC(N)Cc1c(C)cc(OCC2CC2)c(Cl)c1C. The van der Waals surface area contributed by atoms with Gasteiger partial charge in [0.05, 0.1) is 11.6 Å². The molecule has 1 aromatic rings. The quantitative estimate of drug-likeness (QED) is 0.854. The number of aryl methyl sites for hydroxylation is 1. The first-order chi connectivity index (χ1) is 9.02. The van der Waals surface area contributed by atoms with Crippen molar-refractivity contribution in [1.82, 2.24) is 0 Å². The minimum Gasteiger partial charge on any atom is -0.492 e. The third kappa shape index (κ3) is 3.64. The fourth-order valence-corrected chi connectivity index (χ4v) is 2.50. The van der Waals surface area contributed by atoms with Gasteiger partial charge in [-0.25, -0.2) is 0 Å². The van der Waals surface area contributed by atoms with Gasteiger partial charge in [-0.15, -0.1) is 0 Å². The Kier molecular flexibility index (Phi) is 4.75. The fraction of sp³-hybridized carbons (Fsp3) is 0.625. The predicted molar refractivity (Wildman–Crippen MR) is 81.1 cm³/mol. The van der Waals surface area contributed by atoms with Gasteiger partial charge >= 0.3 is 0 Å². The number of ether oxygens (including phenoxy) is 1. The Morgan fingerprint density at radius 1 is 1.42 bits per heavy atom. The first-order valence-electron chi connectivity index (χ1n) is 7.19. The number of halogens is 1. The maximum Gasteiger partial charge on any atom is 0.138 e. The molecule has 1 aromatic carbocycles. The van der Waals surface area contributed by atoms with Crippen LogP contribution in [0.4, 0.5) is 0 Å². The Bertz CT molecular complexity index is 455. The third-order valence-corrected chi connectivity index (χ3v) is 4.45. The second-order valence-corrected chi connectivity index (χ2v) is 6.11. The van der Waals surface area contributed by atoms with Crippen LogP contribution < -0.4 is 10.5 Å². The van der Waals surface area contributed by atoms with Crippen LogP contribution in [-0.2, 0) is 6.42 Å². The molecule has 2 rings (SSSR count). The Morgan fingerprint density at radius 3 is 2.68 bits per heavy atom. The zero-order valence-electron chi connectivity index (χ0n) is 12.1. The van der Waals surface area contributed by atoms with E-state index in [1.54, 1.807) is 0 Å². The molecule has 0 aromatic heterocycles. The van der Waals surface area contributed by atoms with E-state index in [0.717, 1.165) is 41.7 Å². The lowest BCUT2D eigenvalue weighted by Crippen LogP contribution is -2.22. The molecule has 106 valence electrons. The normalized spacial score (nSPS) is 16.5. The van der Waals surface area contributed by atoms with Crippen molar-refractivity contribution in [3.63, 3.8) is 0 Å². The van der Waals surface area contributed by atoms with Crippen LogP contribution in [0.15, 0.2) is 6.07 Å². The van der Waals surface area contributed by atoms with Gasteiger partial charge in [0.1, 0.15) is 5.75 Å². The van der Waals surface area contributed by atoms with Crippen LogP contribution in [0.1, 0.15) is 42.9 Å². The Hall–Kier alpha value is -0.730. The number of rotatable bonds is 6. The molecule has 1 atom stereocenters. The van der Waals surface area contributed by atoms with Crippen molar-refractivity contribution in [3.05, 3.63) is 27.8 Å². The van der Waals surface area contributed by atoms with E-state index in [2.05, 4.69) is 26.8 Å². The highest BCUT2D eigenvalue weighted by molar-refractivity contribution is 6.33. The number of hydrogen-bond acceptors (Lipinski definition) is 2. The van der Waals surface area contributed by atoms with Crippen molar-refractivity contribution < 1.29 is 4.74 Å². The molecule has 1 saturated carbocycles. The second kappa shape index (κ2) is 6.15. The van der Waals surface area contributed by atoms with Gasteiger partial charge in [-0.1, -0.05) is 18.5 Å². The highest BCUT2D eigenvalue weighted by Gasteiger charge is 2.23. The summed E-state index contributed by atoms with van der Waals surface area (Å²) in [6.45, 7) is 7.10. The Balaban J connectivity index is 2.18. The lowest BCUT2D eigenvalue weighted by Gasteiger charge is -2.18. The average Bonchev–Trinajstić information content (AvgIpc) is 3.21. The molecule has 0 spiro atoms. The summed E-state index contributed by atoms with van der Waals surface area (Å²) in [4.78, 5) is 0. The summed E-state index contributed by atoms with van der Waals surface area (Å²) in [7, 11) is 0. The maximum atomic E-state index is 6.44. The van der Waals surface area contributed by atoms with E-state index < -0.39 is 0 Å². The monoisotopic (exact) mass is 281 g/mol. The van der Waals surface area contributed by atoms with Crippen molar-refractivity contribution in [1.29, 1.82) is 0 Å². The highest BCUT2D eigenvalue weighted by Crippen LogP contribution is 2.36. The maximum absolute atomic E-state index is 6.44. The lowest BCUT2D eigenvalue weighted by molar-refractivity contribution is 0.299. The zero-order chi connectivity index (χ0) is 14.0. The van der Waals surface area contributed by atoms with Gasteiger partial charge in [-0.2, -0.15) is 0 Å². The second-order valence-electron chi connectivity index (χ2n) is 5.74. The first-order valence-corrected chi connectivity index (χ1v) is 7.57. The standard InChI is InChI=1S/C16H24ClNO/c1-4-13(18)8-14-10(2)7-15(16(17)11(14)3)19-9-12-5-6-12/h7,12-13H,4-6,8-9,18H2,1-3H3. The average molecular weight is 282 g/mol. The molecule has 0 aliphatic heterocycles. The van der Waals surface area contributed by atoms with E-state index in [0.29, 0.717) is 0 Å². The smallest absolute Gasteiger partial charge is 0.138 e. The van der Waals surface area contributed by atoms with Crippen LogP contribution in [0, 0.1) is 19.8 Å². The molecule has 19 heavy (non-hydrogen) atoms. The van der Waals surface area contributed by atoms with E-state index in [9.17, 15) is 0 Å². The van der Waals surface area contributed by atoms with Crippen LogP contribution >= 0.6 is 11.6 Å². The molecule has 0 amide bonds. The Morgan fingerprint density at radius 2 is 2.11 bits per heavy atom. The minimum atomic E-state index is 0.201. The first kappa shape index (κ1) is 14.7. The molecule has 0 radical (unpaired) electrons. The molecular formula is C16H24ClNO. The Labute approximate surface area is 121 Å². The van der Waals surface area contributed by atoms with Crippen molar-refractivity contribution in [2.45, 2.75) is 52.5 Å². The molecule has 2 N–H and O–H groups in total. The molecule has 3 heteroatoms. The van der Waals surface area contributed by atoms with Crippen molar-refractivity contribution in [2.24, 2.45) is 11.7 Å². The summed E-state index contributed by atoms with van der Waals surface area (Å²) >= 11 is 6.44. The largest absolute Gasteiger partial charge is 0.492 e. The molecule has 2 nitrogen and oxygen atoms in total. The number of nitrogens with two attached hydrogens (primary N) is 1. The van der Waals surface area contributed by atoms with Gasteiger partial charge in [-0.05, 0) is 68.2 Å². The van der Waals surface area contributed by atoms with Crippen LogP contribution in [0.2, 0.25) is 5.02 Å². The highest BCUT2D eigenvalue weighted by atomic mass is 35.5. The summed E-state index contributed by atoms with van der Waals surface area (Å²) in [5.74, 6) is 1.57. The molecule has 0 bridgehead atoms. The molecule has 1 aliphatic carbocycles. The summed E-state index contributed by atoms with van der Waals surface area (Å²) in [6.07, 6.45) is 4.45. The van der Waals surface area contributed by atoms with Crippen molar-refractivity contribution >= 4 is 11.6 Å². The number of hydrogen-bond donors (Lipinski definition) is 1. The van der Waals surface area contributed by atoms with Crippen LogP contribution in [-0.4, -0.2) is 12.6 Å². The van der Waals surface area contributed by atoms with Crippen LogP contribution in [0.5, 0.6) is 5.75 Å². The summed E-state index contributed by atoms with van der Waals surface area (Å²) in [5, 5.41) is 0.754. The van der Waals surface area contributed by atoms with Crippen LogP contribution in [0.3, 0.4) is 0 Å². The topological polar surface area (TPSA) is 35.2 Å². The molecule has 0 heterocycles. The van der Waals surface area contributed by atoms with E-state index in [1.807, 2.05) is 0 Å². The van der Waals surface area contributed by atoms with E-state index >= 15 is 0 Å². The van der Waals surface area contributed by atoms with Crippen molar-refractivity contribution in [3.8, 4) is 5.75 Å². The van der Waals surface area contributed by atoms with Gasteiger partial charge in [0.15, 0.2) is 0 Å². The minimum absolute atomic E-state index is 0.201. The predicted octanol–water partition coefficient (Wildman–Crippen LogP) is 4.03. The molecule has 0 saturated heterocycles. The summed E-state index contributed by atoms with van der Waals surface area (Å²) < 4.78 is 5.85. The fourth-order valence-electron chi connectivity index (χ4n) is 2.28. The molecular weight excluding hydrogens is 258 g/mol.